The van der Waals surface area contributed by atoms with Crippen LogP contribution in [0.25, 0.3) is 11.3 Å². The van der Waals surface area contributed by atoms with Crippen molar-refractivity contribution in [3.63, 3.8) is 0 Å². The Hall–Kier alpha value is -4.22. The molecular weight excluding hydrogens is 558 g/mol. The van der Waals surface area contributed by atoms with E-state index in [2.05, 4.69) is 20.6 Å². The Kier molecular flexibility index (Phi) is 7.97. The Bertz CT molecular complexity index is 1530. The SMILES string of the molecule is O=C(NC1CC1)c1ccc(-c2csc(NC(=O)C3CS[C@H](c4ccncc4)N3C(=O)OCc3ccccc3)n2)cc1. The van der Waals surface area contributed by atoms with E-state index >= 15 is 0 Å². The summed E-state index contributed by atoms with van der Waals surface area (Å²) in [7, 11) is 0. The second kappa shape index (κ2) is 12.1. The molecule has 1 saturated carbocycles. The van der Waals surface area contributed by atoms with Gasteiger partial charge in [0.15, 0.2) is 5.13 Å². The molecule has 11 heteroatoms. The zero-order valence-corrected chi connectivity index (χ0v) is 23.6. The predicted octanol–water partition coefficient (Wildman–Crippen LogP) is 5.49. The monoisotopic (exact) mass is 585 g/mol. The molecule has 1 saturated heterocycles. The van der Waals surface area contributed by atoms with E-state index in [9.17, 15) is 14.4 Å². The third kappa shape index (κ3) is 6.41. The highest BCUT2D eigenvalue weighted by atomic mass is 32.2. The first-order valence-corrected chi connectivity index (χ1v) is 15.2. The van der Waals surface area contributed by atoms with Gasteiger partial charge in [0, 0.05) is 40.7 Å². The average Bonchev–Trinajstić information content (AvgIpc) is 3.51. The molecule has 2 atom stereocenters. The normalized spacial score (nSPS) is 18.1. The second-order valence-corrected chi connectivity index (χ2v) is 11.8. The Morgan fingerprint density at radius 3 is 2.46 bits per heavy atom. The summed E-state index contributed by atoms with van der Waals surface area (Å²) in [6.45, 7) is 0.106. The summed E-state index contributed by atoms with van der Waals surface area (Å²) in [5.74, 6) is -0.00245. The molecule has 1 unspecified atom stereocenters. The van der Waals surface area contributed by atoms with Crippen LogP contribution >= 0.6 is 23.1 Å². The second-order valence-electron chi connectivity index (χ2n) is 9.78. The molecule has 4 aromatic rings. The van der Waals surface area contributed by atoms with E-state index in [1.165, 1.54) is 28.0 Å². The highest BCUT2D eigenvalue weighted by Crippen LogP contribution is 2.42. The third-order valence-electron chi connectivity index (χ3n) is 6.80. The van der Waals surface area contributed by atoms with E-state index in [1.807, 2.05) is 60.0 Å². The van der Waals surface area contributed by atoms with Crippen LogP contribution in [0.3, 0.4) is 0 Å². The third-order valence-corrected chi connectivity index (χ3v) is 8.88. The van der Waals surface area contributed by atoms with Crippen LogP contribution in [0.15, 0.2) is 84.5 Å². The zero-order chi connectivity index (χ0) is 28.2. The first kappa shape index (κ1) is 27.0. The number of rotatable bonds is 8. The molecule has 2 N–H and O–H groups in total. The lowest BCUT2D eigenvalue weighted by atomic mass is 10.1. The first-order valence-electron chi connectivity index (χ1n) is 13.2. The molecule has 1 aliphatic carbocycles. The Morgan fingerprint density at radius 1 is 0.976 bits per heavy atom. The summed E-state index contributed by atoms with van der Waals surface area (Å²) in [6, 6.07) is 19.9. The molecule has 3 amide bonds. The summed E-state index contributed by atoms with van der Waals surface area (Å²) >= 11 is 2.80. The number of carbonyl (C=O) groups is 3. The molecular formula is C30H27N5O4S2. The number of hydrogen-bond acceptors (Lipinski definition) is 8. The van der Waals surface area contributed by atoms with Crippen molar-refractivity contribution in [2.24, 2.45) is 0 Å². The average molecular weight is 586 g/mol. The molecule has 2 aromatic carbocycles. The number of pyridine rings is 1. The lowest BCUT2D eigenvalue weighted by Gasteiger charge is -2.28. The number of hydrogen-bond donors (Lipinski definition) is 2. The van der Waals surface area contributed by atoms with Gasteiger partial charge in [-0.05, 0) is 48.2 Å². The molecule has 1 aliphatic heterocycles. The summed E-state index contributed by atoms with van der Waals surface area (Å²) in [5.41, 5.74) is 3.86. The van der Waals surface area contributed by atoms with Crippen LogP contribution in [-0.4, -0.2) is 50.6 Å². The molecule has 2 fully saturated rings. The number of nitrogens with one attached hydrogen (secondary N) is 2. The van der Waals surface area contributed by atoms with Crippen molar-refractivity contribution in [3.8, 4) is 11.3 Å². The van der Waals surface area contributed by atoms with Crippen molar-refractivity contribution in [1.82, 2.24) is 20.2 Å². The van der Waals surface area contributed by atoms with Gasteiger partial charge in [0.1, 0.15) is 18.0 Å². The van der Waals surface area contributed by atoms with Gasteiger partial charge in [-0.1, -0.05) is 42.5 Å². The van der Waals surface area contributed by atoms with Gasteiger partial charge in [0.2, 0.25) is 5.91 Å². The topological polar surface area (TPSA) is 114 Å². The quantitative estimate of drug-likeness (QED) is 0.281. The molecule has 6 rings (SSSR count). The van der Waals surface area contributed by atoms with Crippen molar-refractivity contribution in [2.75, 3.05) is 11.1 Å². The number of nitrogens with zero attached hydrogens (tertiary/aromatic N) is 3. The van der Waals surface area contributed by atoms with E-state index in [-0.39, 0.29) is 23.8 Å². The summed E-state index contributed by atoms with van der Waals surface area (Å²) < 4.78 is 5.64. The van der Waals surface area contributed by atoms with Crippen molar-refractivity contribution < 1.29 is 19.1 Å². The van der Waals surface area contributed by atoms with Gasteiger partial charge in [-0.15, -0.1) is 23.1 Å². The van der Waals surface area contributed by atoms with Crippen molar-refractivity contribution in [3.05, 3.63) is 101 Å². The van der Waals surface area contributed by atoms with E-state index in [0.717, 1.165) is 29.5 Å². The molecule has 0 spiro atoms. The number of carbonyl (C=O) groups excluding carboxylic acids is 3. The number of benzene rings is 2. The molecule has 2 aliphatic rings. The van der Waals surface area contributed by atoms with Crippen molar-refractivity contribution in [1.29, 1.82) is 0 Å². The molecule has 9 nitrogen and oxygen atoms in total. The Morgan fingerprint density at radius 2 is 1.73 bits per heavy atom. The van der Waals surface area contributed by atoms with Crippen molar-refractivity contribution >= 4 is 46.1 Å². The van der Waals surface area contributed by atoms with Crippen LogP contribution in [0.1, 0.15) is 39.7 Å². The number of thiazole rings is 1. The molecule has 0 bridgehead atoms. The van der Waals surface area contributed by atoms with Crippen LogP contribution in [0, 0.1) is 0 Å². The number of ether oxygens (including phenoxy) is 1. The van der Waals surface area contributed by atoms with E-state index in [4.69, 9.17) is 4.74 Å². The lowest BCUT2D eigenvalue weighted by molar-refractivity contribution is -0.120. The predicted molar refractivity (Wildman–Crippen MR) is 158 cm³/mol. The minimum Gasteiger partial charge on any atom is -0.444 e. The Balaban J connectivity index is 1.14. The van der Waals surface area contributed by atoms with E-state index in [0.29, 0.717) is 28.2 Å². The van der Waals surface area contributed by atoms with Gasteiger partial charge in [-0.2, -0.15) is 0 Å². The van der Waals surface area contributed by atoms with Gasteiger partial charge in [0.25, 0.3) is 5.91 Å². The fourth-order valence-corrected chi connectivity index (χ4v) is 6.59. The van der Waals surface area contributed by atoms with Crippen LogP contribution in [0.5, 0.6) is 0 Å². The maximum Gasteiger partial charge on any atom is 0.412 e. The molecule has 41 heavy (non-hydrogen) atoms. The van der Waals surface area contributed by atoms with Gasteiger partial charge >= 0.3 is 6.09 Å². The van der Waals surface area contributed by atoms with Crippen LogP contribution < -0.4 is 10.6 Å². The standard InChI is InChI=1S/C30H27N5O4S2/c36-26(32-23-10-11-23)21-8-6-20(7-9-21)24-17-41-29(33-24)34-27(37)25-18-40-28(22-12-14-31-15-13-22)35(25)30(38)39-16-19-4-2-1-3-5-19/h1-9,12-15,17,23,25,28H,10-11,16,18H2,(H,32,36)(H,33,34,37)/t25?,28-/m1/s1. The summed E-state index contributed by atoms with van der Waals surface area (Å²) in [6.07, 6.45) is 4.84. The number of thioether (sulfide) groups is 1. The Labute approximate surface area is 245 Å². The maximum atomic E-state index is 13.5. The lowest BCUT2D eigenvalue weighted by Crippen LogP contribution is -2.45. The largest absolute Gasteiger partial charge is 0.444 e. The summed E-state index contributed by atoms with van der Waals surface area (Å²) in [4.78, 5) is 49.3. The number of anilines is 1. The van der Waals surface area contributed by atoms with Gasteiger partial charge in [-0.25, -0.2) is 9.78 Å². The number of aromatic nitrogens is 2. The highest BCUT2D eigenvalue weighted by molar-refractivity contribution is 7.99. The fraction of sp³-hybridized carbons (Fsp3) is 0.233. The fourth-order valence-electron chi connectivity index (χ4n) is 4.45. The smallest absolute Gasteiger partial charge is 0.412 e. The van der Waals surface area contributed by atoms with Gasteiger partial charge in [0.05, 0.1) is 5.69 Å². The molecule has 2 aromatic heterocycles. The molecule has 0 radical (unpaired) electrons. The van der Waals surface area contributed by atoms with E-state index < -0.39 is 12.1 Å². The van der Waals surface area contributed by atoms with Crippen molar-refractivity contribution in [2.45, 2.75) is 36.9 Å². The van der Waals surface area contributed by atoms with E-state index in [1.54, 1.807) is 24.5 Å². The van der Waals surface area contributed by atoms with Crippen LogP contribution in [0.2, 0.25) is 0 Å². The maximum absolute atomic E-state index is 13.5. The minimum atomic E-state index is -0.752. The van der Waals surface area contributed by atoms with Gasteiger partial charge in [-0.3, -0.25) is 19.5 Å². The molecule has 208 valence electrons. The number of amides is 3. The molecule has 3 heterocycles. The first-order chi connectivity index (χ1) is 20.0. The van der Waals surface area contributed by atoms with Crippen LogP contribution in [0.4, 0.5) is 9.93 Å². The van der Waals surface area contributed by atoms with Gasteiger partial charge < -0.3 is 15.4 Å². The summed E-state index contributed by atoms with van der Waals surface area (Å²) in [5, 5.41) is 7.76. The highest BCUT2D eigenvalue weighted by Gasteiger charge is 2.43. The van der Waals surface area contributed by atoms with Crippen LogP contribution in [-0.2, 0) is 16.1 Å². The minimum absolute atomic E-state index is 0.0726. The zero-order valence-electron chi connectivity index (χ0n) is 21.9.